The second-order valence-corrected chi connectivity index (χ2v) is 4.80. The molecular formula is C12H20N4. The molecule has 1 aromatic heterocycles. The van der Waals surface area contributed by atoms with Gasteiger partial charge in [-0.05, 0) is 6.92 Å². The second-order valence-electron chi connectivity index (χ2n) is 4.80. The molecule has 1 saturated heterocycles. The van der Waals surface area contributed by atoms with Gasteiger partial charge in [0.1, 0.15) is 11.6 Å². The summed E-state index contributed by atoms with van der Waals surface area (Å²) in [6, 6.07) is 2.64. The van der Waals surface area contributed by atoms with E-state index >= 15 is 0 Å². The zero-order valence-corrected chi connectivity index (χ0v) is 10.5. The van der Waals surface area contributed by atoms with E-state index in [9.17, 15) is 0 Å². The molecule has 0 spiro atoms. The van der Waals surface area contributed by atoms with E-state index in [4.69, 9.17) is 0 Å². The summed E-state index contributed by atoms with van der Waals surface area (Å²) in [5.74, 6) is 2.36. The lowest BCUT2D eigenvalue weighted by Gasteiger charge is -2.36. The van der Waals surface area contributed by atoms with Crippen LogP contribution in [0.1, 0.15) is 31.3 Å². The summed E-state index contributed by atoms with van der Waals surface area (Å²) in [6.07, 6.45) is 0. The third-order valence-corrected chi connectivity index (χ3v) is 3.04. The van der Waals surface area contributed by atoms with Gasteiger partial charge in [-0.2, -0.15) is 0 Å². The molecule has 1 aromatic rings. The van der Waals surface area contributed by atoms with Gasteiger partial charge in [0.15, 0.2) is 0 Å². The molecule has 1 N–H and O–H groups in total. The van der Waals surface area contributed by atoms with Crippen LogP contribution in [0.2, 0.25) is 0 Å². The lowest BCUT2D eigenvalue weighted by molar-refractivity contribution is 0.426. The fourth-order valence-corrected chi connectivity index (χ4v) is 1.75. The monoisotopic (exact) mass is 220 g/mol. The van der Waals surface area contributed by atoms with Crippen molar-refractivity contribution in [3.63, 3.8) is 0 Å². The third kappa shape index (κ3) is 2.16. The minimum absolute atomic E-state index is 0.381. The maximum absolute atomic E-state index is 4.62. The number of aryl methyl sites for hydroxylation is 1. The van der Waals surface area contributed by atoms with Crippen LogP contribution in [-0.2, 0) is 0 Å². The van der Waals surface area contributed by atoms with Crippen LogP contribution in [0.5, 0.6) is 0 Å². The zero-order chi connectivity index (χ0) is 11.7. The molecule has 0 unspecified atom stereocenters. The van der Waals surface area contributed by atoms with Gasteiger partial charge in [-0.25, -0.2) is 9.97 Å². The van der Waals surface area contributed by atoms with Crippen molar-refractivity contribution < 1.29 is 0 Å². The average molecular weight is 220 g/mol. The Morgan fingerprint density at radius 2 is 2.06 bits per heavy atom. The average Bonchev–Trinajstić information content (AvgIpc) is 2.13. The molecule has 4 heteroatoms. The quantitative estimate of drug-likeness (QED) is 0.834. The molecule has 0 saturated carbocycles. The number of nitrogens with zero attached hydrogens (tertiary/aromatic N) is 3. The third-order valence-electron chi connectivity index (χ3n) is 3.04. The second kappa shape index (κ2) is 4.37. The van der Waals surface area contributed by atoms with Crippen LogP contribution >= 0.6 is 0 Å². The Hall–Kier alpha value is -1.16. The van der Waals surface area contributed by atoms with Gasteiger partial charge in [0.05, 0.1) is 6.04 Å². The Morgan fingerprint density at radius 1 is 1.38 bits per heavy atom. The summed E-state index contributed by atoms with van der Waals surface area (Å²) >= 11 is 0. The van der Waals surface area contributed by atoms with Crippen LogP contribution in [-0.4, -0.2) is 36.1 Å². The number of aromatic nitrogens is 2. The molecule has 2 heterocycles. The van der Waals surface area contributed by atoms with Gasteiger partial charge < -0.3 is 10.2 Å². The first-order valence-electron chi connectivity index (χ1n) is 5.87. The molecule has 1 aliphatic rings. The molecule has 4 nitrogen and oxygen atoms in total. The van der Waals surface area contributed by atoms with Crippen LogP contribution in [0.15, 0.2) is 6.07 Å². The number of rotatable bonds is 3. The van der Waals surface area contributed by atoms with Crippen LogP contribution in [0.3, 0.4) is 0 Å². The van der Waals surface area contributed by atoms with E-state index < -0.39 is 0 Å². The van der Waals surface area contributed by atoms with E-state index in [0.717, 1.165) is 30.4 Å². The molecule has 0 bridgehead atoms. The maximum Gasteiger partial charge on any atom is 0.133 e. The Balaban J connectivity index is 2.25. The number of hydrogen-bond acceptors (Lipinski definition) is 4. The van der Waals surface area contributed by atoms with Gasteiger partial charge in [-0.3, -0.25) is 0 Å². The van der Waals surface area contributed by atoms with Gasteiger partial charge >= 0.3 is 0 Å². The summed E-state index contributed by atoms with van der Waals surface area (Å²) in [5.41, 5.74) is 1.05. The molecule has 0 aromatic carbocycles. The standard InChI is InChI=1S/C12H20N4/c1-8(2)12-14-9(3)5-11(15-12)16(4)10-6-13-7-10/h5,8,10,13H,6-7H2,1-4H3. The fraction of sp³-hybridized carbons (Fsp3) is 0.667. The largest absolute Gasteiger partial charge is 0.354 e. The minimum atomic E-state index is 0.381. The van der Waals surface area contributed by atoms with Crippen molar-refractivity contribution in [2.75, 3.05) is 25.0 Å². The van der Waals surface area contributed by atoms with Gasteiger partial charge in [-0.1, -0.05) is 13.8 Å². The highest BCUT2D eigenvalue weighted by Crippen LogP contribution is 2.18. The van der Waals surface area contributed by atoms with Crippen LogP contribution in [0, 0.1) is 6.92 Å². The fourth-order valence-electron chi connectivity index (χ4n) is 1.75. The van der Waals surface area contributed by atoms with Crippen molar-refractivity contribution in [1.29, 1.82) is 0 Å². The van der Waals surface area contributed by atoms with E-state index in [0.29, 0.717) is 12.0 Å². The zero-order valence-electron chi connectivity index (χ0n) is 10.5. The molecule has 1 aliphatic heterocycles. The topological polar surface area (TPSA) is 41.0 Å². The number of likely N-dealkylation sites (N-methyl/N-ethyl adjacent to an activating group) is 1. The molecule has 0 radical (unpaired) electrons. The van der Waals surface area contributed by atoms with Gasteiger partial charge in [-0.15, -0.1) is 0 Å². The highest BCUT2D eigenvalue weighted by molar-refractivity contribution is 5.41. The van der Waals surface area contributed by atoms with E-state index in [1.165, 1.54) is 0 Å². The Morgan fingerprint density at radius 3 is 2.56 bits per heavy atom. The van der Waals surface area contributed by atoms with Crippen molar-refractivity contribution in [2.24, 2.45) is 0 Å². The Labute approximate surface area is 97.1 Å². The molecular weight excluding hydrogens is 200 g/mol. The molecule has 2 rings (SSSR count). The van der Waals surface area contributed by atoms with Gasteiger partial charge in [0.2, 0.25) is 0 Å². The van der Waals surface area contributed by atoms with Crippen LogP contribution in [0.25, 0.3) is 0 Å². The molecule has 0 atom stereocenters. The van der Waals surface area contributed by atoms with Crippen LogP contribution < -0.4 is 10.2 Å². The van der Waals surface area contributed by atoms with E-state index in [-0.39, 0.29) is 0 Å². The molecule has 88 valence electrons. The first-order valence-corrected chi connectivity index (χ1v) is 5.87. The predicted molar refractivity (Wildman–Crippen MR) is 65.9 cm³/mol. The normalized spacial score (nSPS) is 16.3. The summed E-state index contributed by atoms with van der Waals surface area (Å²) in [7, 11) is 2.11. The number of nitrogens with one attached hydrogen (secondary N) is 1. The lowest BCUT2D eigenvalue weighted by atomic mass is 10.1. The van der Waals surface area contributed by atoms with E-state index in [1.54, 1.807) is 0 Å². The molecule has 0 amide bonds. The highest BCUT2D eigenvalue weighted by atomic mass is 15.3. The lowest BCUT2D eigenvalue weighted by Crippen LogP contribution is -2.56. The smallest absolute Gasteiger partial charge is 0.133 e. The Bertz CT molecular complexity index is 371. The van der Waals surface area contributed by atoms with Crippen molar-refractivity contribution in [2.45, 2.75) is 32.7 Å². The van der Waals surface area contributed by atoms with E-state index in [1.807, 2.05) is 6.92 Å². The highest BCUT2D eigenvalue weighted by Gasteiger charge is 2.23. The van der Waals surface area contributed by atoms with Crippen LogP contribution in [0.4, 0.5) is 5.82 Å². The minimum Gasteiger partial charge on any atom is -0.354 e. The molecule has 16 heavy (non-hydrogen) atoms. The predicted octanol–water partition coefficient (Wildman–Crippen LogP) is 1.32. The van der Waals surface area contributed by atoms with Crippen molar-refractivity contribution in [3.8, 4) is 0 Å². The van der Waals surface area contributed by atoms with Crippen molar-refractivity contribution in [3.05, 3.63) is 17.6 Å². The summed E-state index contributed by atoms with van der Waals surface area (Å²) in [6.45, 7) is 8.39. The van der Waals surface area contributed by atoms with E-state index in [2.05, 4.69) is 47.1 Å². The van der Waals surface area contributed by atoms with Crippen molar-refractivity contribution in [1.82, 2.24) is 15.3 Å². The Kier molecular flexibility index (Phi) is 3.10. The summed E-state index contributed by atoms with van der Waals surface area (Å²) in [4.78, 5) is 11.3. The van der Waals surface area contributed by atoms with Gasteiger partial charge in [0, 0.05) is 37.8 Å². The molecule has 1 fully saturated rings. The SMILES string of the molecule is Cc1cc(N(C)C2CNC2)nc(C(C)C)n1. The summed E-state index contributed by atoms with van der Waals surface area (Å²) in [5, 5.41) is 3.28. The number of hydrogen-bond donors (Lipinski definition) is 1. The van der Waals surface area contributed by atoms with Gasteiger partial charge in [0.25, 0.3) is 0 Å². The number of anilines is 1. The van der Waals surface area contributed by atoms with Crippen molar-refractivity contribution >= 4 is 5.82 Å². The molecule has 0 aliphatic carbocycles. The first kappa shape index (κ1) is 11.3. The maximum atomic E-state index is 4.62. The summed E-state index contributed by atoms with van der Waals surface area (Å²) < 4.78 is 0. The first-order chi connectivity index (χ1) is 7.58.